The van der Waals surface area contributed by atoms with Crippen molar-refractivity contribution in [1.29, 1.82) is 0 Å². The second kappa shape index (κ2) is 5.24. The Kier molecular flexibility index (Phi) is 4.10. The van der Waals surface area contributed by atoms with E-state index in [0.717, 1.165) is 15.6 Å². The third-order valence-electron chi connectivity index (χ3n) is 3.03. The zero-order valence-electron chi connectivity index (χ0n) is 9.36. The monoisotopic (exact) mass is 320 g/mol. The molecule has 1 aliphatic rings. The van der Waals surface area contributed by atoms with Crippen LogP contribution in [0.3, 0.4) is 0 Å². The van der Waals surface area contributed by atoms with E-state index < -0.39 is 12.2 Å². The molecule has 1 aromatic carbocycles. The van der Waals surface area contributed by atoms with Crippen LogP contribution >= 0.6 is 27.5 Å². The molecule has 0 aromatic heterocycles. The molecule has 0 aliphatic carbocycles. The molecule has 0 saturated carbocycles. The molecule has 3 nitrogen and oxygen atoms in total. The van der Waals surface area contributed by atoms with Crippen LogP contribution in [0.1, 0.15) is 23.7 Å². The first-order valence-corrected chi connectivity index (χ1v) is 6.60. The lowest BCUT2D eigenvalue weighted by atomic mass is 10.0. The highest BCUT2D eigenvalue weighted by atomic mass is 79.9. The average Bonchev–Trinajstić information content (AvgIpc) is 2.65. The van der Waals surface area contributed by atoms with E-state index >= 15 is 0 Å². The molecule has 3 atom stereocenters. The van der Waals surface area contributed by atoms with E-state index in [0.29, 0.717) is 11.4 Å². The lowest BCUT2D eigenvalue weighted by molar-refractivity contribution is -0.0225. The van der Waals surface area contributed by atoms with Crippen LogP contribution < -0.4 is 0 Å². The summed E-state index contributed by atoms with van der Waals surface area (Å²) in [6.45, 7) is 1.80. The fraction of sp³-hybridized carbons (Fsp3) is 0.500. The van der Waals surface area contributed by atoms with Gasteiger partial charge in [-0.25, -0.2) is 0 Å². The van der Waals surface area contributed by atoms with E-state index in [1.54, 1.807) is 0 Å². The average molecular weight is 322 g/mol. The van der Waals surface area contributed by atoms with Gasteiger partial charge in [-0.2, -0.15) is 0 Å². The van der Waals surface area contributed by atoms with Gasteiger partial charge in [0.05, 0.1) is 18.8 Å². The predicted molar refractivity (Wildman–Crippen MR) is 69.2 cm³/mol. The highest BCUT2D eigenvalue weighted by Crippen LogP contribution is 2.38. The molecule has 1 heterocycles. The Morgan fingerprint density at radius 3 is 2.82 bits per heavy atom. The molecule has 0 spiro atoms. The quantitative estimate of drug-likeness (QED) is 0.880. The summed E-state index contributed by atoms with van der Waals surface area (Å²) in [4.78, 5) is 0. The van der Waals surface area contributed by atoms with E-state index in [1.807, 2.05) is 19.1 Å². The van der Waals surface area contributed by atoms with E-state index in [-0.39, 0.29) is 12.7 Å². The summed E-state index contributed by atoms with van der Waals surface area (Å²) in [5.41, 5.74) is 1.93. The first-order valence-electron chi connectivity index (χ1n) is 5.43. The Morgan fingerprint density at radius 2 is 2.24 bits per heavy atom. The van der Waals surface area contributed by atoms with Gasteiger partial charge < -0.3 is 14.9 Å². The highest BCUT2D eigenvalue weighted by Gasteiger charge is 2.35. The van der Waals surface area contributed by atoms with Gasteiger partial charge in [-0.1, -0.05) is 33.6 Å². The maximum Gasteiger partial charge on any atom is 0.107 e. The topological polar surface area (TPSA) is 49.7 Å². The zero-order valence-corrected chi connectivity index (χ0v) is 11.7. The molecule has 5 heteroatoms. The van der Waals surface area contributed by atoms with Crippen molar-refractivity contribution in [2.24, 2.45) is 0 Å². The van der Waals surface area contributed by atoms with Crippen LogP contribution in [0.5, 0.6) is 0 Å². The van der Waals surface area contributed by atoms with Crippen molar-refractivity contribution in [3.63, 3.8) is 0 Å². The smallest absolute Gasteiger partial charge is 0.107 e. The van der Waals surface area contributed by atoms with E-state index in [4.69, 9.17) is 21.4 Å². The Balaban J connectivity index is 2.27. The normalized spacial score (nSPS) is 28.6. The first kappa shape index (κ1) is 13.3. The second-order valence-electron chi connectivity index (χ2n) is 4.27. The molecular weight excluding hydrogens is 307 g/mol. The zero-order chi connectivity index (χ0) is 12.6. The SMILES string of the molecule is Cc1cc([C@H]2C[C@@H](O)[C@@H](CO)O2)c(Cl)cc1Br. The van der Waals surface area contributed by atoms with Crippen molar-refractivity contribution in [3.05, 3.63) is 32.8 Å². The van der Waals surface area contributed by atoms with Crippen molar-refractivity contribution in [3.8, 4) is 0 Å². The van der Waals surface area contributed by atoms with Gasteiger partial charge in [0.25, 0.3) is 0 Å². The fourth-order valence-corrected chi connectivity index (χ4v) is 2.78. The number of aliphatic hydroxyl groups excluding tert-OH is 2. The molecule has 17 heavy (non-hydrogen) atoms. The van der Waals surface area contributed by atoms with E-state index in [9.17, 15) is 5.11 Å². The molecule has 94 valence electrons. The molecule has 0 unspecified atom stereocenters. The minimum atomic E-state index is -0.634. The van der Waals surface area contributed by atoms with Crippen molar-refractivity contribution in [2.45, 2.75) is 31.7 Å². The van der Waals surface area contributed by atoms with Gasteiger partial charge >= 0.3 is 0 Å². The summed E-state index contributed by atoms with van der Waals surface area (Å²) in [5.74, 6) is 0. The Bertz CT molecular complexity index is 424. The van der Waals surface area contributed by atoms with Crippen molar-refractivity contribution >= 4 is 27.5 Å². The third kappa shape index (κ3) is 2.66. The lowest BCUT2D eigenvalue weighted by Crippen LogP contribution is -2.24. The fourth-order valence-electron chi connectivity index (χ4n) is 2.02. The molecule has 0 radical (unpaired) electrons. The molecule has 1 saturated heterocycles. The summed E-state index contributed by atoms with van der Waals surface area (Å²) in [5, 5.41) is 19.4. The second-order valence-corrected chi connectivity index (χ2v) is 5.53. The number of halogens is 2. The van der Waals surface area contributed by atoms with Gasteiger partial charge in [0.15, 0.2) is 0 Å². The molecule has 2 rings (SSSR count). The Labute approximate surface area is 113 Å². The van der Waals surface area contributed by atoms with Crippen molar-refractivity contribution in [2.75, 3.05) is 6.61 Å². The van der Waals surface area contributed by atoms with Gasteiger partial charge in [-0.15, -0.1) is 0 Å². The summed E-state index contributed by atoms with van der Waals surface area (Å²) < 4.78 is 6.53. The van der Waals surface area contributed by atoms with E-state index in [1.165, 1.54) is 0 Å². The van der Waals surface area contributed by atoms with Gasteiger partial charge in [-0.3, -0.25) is 0 Å². The number of hydrogen-bond acceptors (Lipinski definition) is 3. The van der Waals surface area contributed by atoms with Crippen LogP contribution in [0.4, 0.5) is 0 Å². The number of ether oxygens (including phenoxy) is 1. The molecule has 0 bridgehead atoms. The maximum atomic E-state index is 9.70. The number of aryl methyl sites for hydroxylation is 1. The predicted octanol–water partition coefficient (Wildman–Crippen LogP) is 2.59. The van der Waals surface area contributed by atoms with Crippen LogP contribution in [0.25, 0.3) is 0 Å². The maximum absolute atomic E-state index is 9.70. The van der Waals surface area contributed by atoms with Gasteiger partial charge in [-0.05, 0) is 24.1 Å². The highest BCUT2D eigenvalue weighted by molar-refractivity contribution is 9.10. The molecule has 1 aromatic rings. The molecule has 1 fully saturated rings. The van der Waals surface area contributed by atoms with Gasteiger partial charge in [0.2, 0.25) is 0 Å². The van der Waals surface area contributed by atoms with E-state index in [2.05, 4.69) is 15.9 Å². The minimum Gasteiger partial charge on any atom is -0.394 e. The van der Waals surface area contributed by atoms with Crippen LogP contribution in [0, 0.1) is 6.92 Å². The molecular formula is C12H14BrClO3. The number of hydrogen-bond donors (Lipinski definition) is 2. The van der Waals surface area contributed by atoms with Crippen molar-refractivity contribution < 1.29 is 14.9 Å². The molecule has 2 N–H and O–H groups in total. The number of rotatable bonds is 2. The molecule has 0 amide bonds. The number of aliphatic hydroxyl groups is 2. The Morgan fingerprint density at radius 1 is 1.53 bits per heavy atom. The lowest BCUT2D eigenvalue weighted by Gasteiger charge is -2.15. The van der Waals surface area contributed by atoms with Gasteiger partial charge in [0, 0.05) is 15.9 Å². The first-order chi connectivity index (χ1) is 8.02. The van der Waals surface area contributed by atoms with Crippen molar-refractivity contribution in [1.82, 2.24) is 0 Å². The summed E-state index contributed by atoms with van der Waals surface area (Å²) >= 11 is 9.58. The van der Waals surface area contributed by atoms with Crippen LogP contribution in [-0.4, -0.2) is 29.0 Å². The summed E-state index contributed by atoms with van der Waals surface area (Å²) in [6.07, 6.45) is -0.932. The minimum absolute atomic E-state index is 0.176. The van der Waals surface area contributed by atoms with Gasteiger partial charge in [0.1, 0.15) is 6.10 Å². The largest absolute Gasteiger partial charge is 0.394 e. The standard InChI is InChI=1S/C12H14BrClO3/c1-6-2-7(9(14)3-8(6)13)11-4-10(16)12(5-15)17-11/h2-3,10-12,15-16H,4-5H2,1H3/t10-,11-,12-/m1/s1. The number of benzene rings is 1. The summed E-state index contributed by atoms with van der Waals surface area (Å²) in [7, 11) is 0. The molecule has 1 aliphatic heterocycles. The van der Waals surface area contributed by atoms with Crippen LogP contribution in [-0.2, 0) is 4.74 Å². The van der Waals surface area contributed by atoms with Crippen LogP contribution in [0.15, 0.2) is 16.6 Å². The summed E-state index contributed by atoms with van der Waals surface area (Å²) in [6, 6.07) is 3.78. The Hall–Kier alpha value is -0.130. The third-order valence-corrected chi connectivity index (χ3v) is 4.21. The van der Waals surface area contributed by atoms with Crippen LogP contribution in [0.2, 0.25) is 5.02 Å².